The smallest absolute Gasteiger partial charge is 0.315 e. The first-order valence-corrected chi connectivity index (χ1v) is 5.94. The second kappa shape index (κ2) is 6.67. The second-order valence-corrected chi connectivity index (χ2v) is 4.38. The Morgan fingerprint density at radius 2 is 2.00 bits per heavy atom. The molecule has 4 nitrogen and oxygen atoms in total. The highest BCUT2D eigenvalue weighted by molar-refractivity contribution is 5.74. The van der Waals surface area contributed by atoms with Gasteiger partial charge in [-0.2, -0.15) is 0 Å². The van der Waals surface area contributed by atoms with Crippen LogP contribution in [0, 0.1) is 0 Å². The Morgan fingerprint density at radius 1 is 1.33 bits per heavy atom. The summed E-state index contributed by atoms with van der Waals surface area (Å²) in [5.74, 6) is 0. The molecule has 15 heavy (non-hydrogen) atoms. The molecule has 1 rings (SSSR count). The summed E-state index contributed by atoms with van der Waals surface area (Å²) >= 11 is 0. The Hall–Kier alpha value is -0.770. The molecule has 1 saturated carbocycles. The van der Waals surface area contributed by atoms with Crippen LogP contribution in [0.3, 0.4) is 0 Å². The predicted octanol–water partition coefficient (Wildman–Crippen LogP) is 1.23. The van der Waals surface area contributed by atoms with E-state index in [1.807, 2.05) is 14.0 Å². The number of likely N-dealkylation sites (N-methyl/N-ethyl adjacent to an activating group) is 1. The van der Waals surface area contributed by atoms with Crippen LogP contribution >= 0.6 is 0 Å². The van der Waals surface area contributed by atoms with E-state index < -0.39 is 0 Å². The van der Waals surface area contributed by atoms with Crippen molar-refractivity contribution < 1.29 is 4.79 Å². The number of amides is 2. The van der Waals surface area contributed by atoms with E-state index in [-0.39, 0.29) is 6.03 Å². The van der Waals surface area contributed by atoms with Crippen LogP contribution in [0.4, 0.5) is 4.79 Å². The van der Waals surface area contributed by atoms with E-state index in [9.17, 15) is 4.79 Å². The van der Waals surface area contributed by atoms with Gasteiger partial charge in [-0.3, -0.25) is 0 Å². The number of carbonyl (C=O) groups excluding carboxylic acids is 1. The lowest BCUT2D eigenvalue weighted by atomic mass is 9.96. The molecular weight excluding hydrogens is 190 g/mol. The molecule has 1 aliphatic rings. The number of nitrogens with one attached hydrogen (secondary N) is 3. The molecule has 1 unspecified atom stereocenters. The fraction of sp³-hybridized carbons (Fsp3) is 0.909. The summed E-state index contributed by atoms with van der Waals surface area (Å²) in [7, 11) is 1.89. The number of urea groups is 1. The molecule has 3 N–H and O–H groups in total. The minimum absolute atomic E-state index is 0.0241. The topological polar surface area (TPSA) is 53.2 Å². The monoisotopic (exact) mass is 213 g/mol. The summed E-state index contributed by atoms with van der Waals surface area (Å²) < 4.78 is 0. The van der Waals surface area contributed by atoms with Crippen LogP contribution in [0.15, 0.2) is 0 Å². The lowest BCUT2D eigenvalue weighted by molar-refractivity contribution is 0.231. The van der Waals surface area contributed by atoms with E-state index in [2.05, 4.69) is 16.0 Å². The summed E-state index contributed by atoms with van der Waals surface area (Å²) in [6.07, 6.45) is 6.08. The summed E-state index contributed by atoms with van der Waals surface area (Å²) in [4.78, 5) is 11.5. The van der Waals surface area contributed by atoms with Gasteiger partial charge in [-0.15, -0.1) is 0 Å². The molecule has 0 saturated heterocycles. The molecule has 0 spiro atoms. The van der Waals surface area contributed by atoms with Gasteiger partial charge in [-0.05, 0) is 26.8 Å². The van der Waals surface area contributed by atoms with Crippen LogP contribution in [0.5, 0.6) is 0 Å². The van der Waals surface area contributed by atoms with Gasteiger partial charge in [0, 0.05) is 18.6 Å². The zero-order chi connectivity index (χ0) is 11.1. The molecule has 1 atom stereocenters. The molecule has 0 bridgehead atoms. The lowest BCUT2D eigenvalue weighted by Crippen LogP contribution is -2.46. The number of hydrogen-bond acceptors (Lipinski definition) is 2. The minimum Gasteiger partial charge on any atom is -0.337 e. The third-order valence-electron chi connectivity index (χ3n) is 3.00. The van der Waals surface area contributed by atoms with Crippen molar-refractivity contribution in [3.8, 4) is 0 Å². The zero-order valence-electron chi connectivity index (χ0n) is 9.81. The van der Waals surface area contributed by atoms with Crippen molar-refractivity contribution in [1.82, 2.24) is 16.0 Å². The van der Waals surface area contributed by atoms with Crippen molar-refractivity contribution in [2.24, 2.45) is 0 Å². The molecule has 0 aromatic heterocycles. The van der Waals surface area contributed by atoms with Crippen LogP contribution in [-0.2, 0) is 0 Å². The van der Waals surface area contributed by atoms with Gasteiger partial charge in [0.2, 0.25) is 0 Å². The van der Waals surface area contributed by atoms with Gasteiger partial charge in [0.25, 0.3) is 0 Å². The molecule has 1 aliphatic carbocycles. The molecule has 2 amide bonds. The fourth-order valence-corrected chi connectivity index (χ4v) is 1.83. The Labute approximate surface area is 92.2 Å². The van der Waals surface area contributed by atoms with Gasteiger partial charge in [-0.25, -0.2) is 4.79 Å². The number of carbonyl (C=O) groups is 1. The summed E-state index contributed by atoms with van der Waals surface area (Å²) in [6, 6.07) is 0.690. The highest BCUT2D eigenvalue weighted by atomic mass is 16.2. The lowest BCUT2D eigenvalue weighted by Gasteiger charge is -2.23. The van der Waals surface area contributed by atoms with Gasteiger partial charge >= 0.3 is 6.03 Å². The Kier molecular flexibility index (Phi) is 5.47. The van der Waals surface area contributed by atoms with E-state index in [4.69, 9.17) is 0 Å². The maximum atomic E-state index is 11.5. The first-order chi connectivity index (χ1) is 7.22. The highest BCUT2D eigenvalue weighted by Gasteiger charge is 2.15. The summed E-state index contributed by atoms with van der Waals surface area (Å²) in [5.41, 5.74) is 0. The van der Waals surface area contributed by atoms with Crippen molar-refractivity contribution in [3.05, 3.63) is 0 Å². The third kappa shape index (κ3) is 5.02. The van der Waals surface area contributed by atoms with Gasteiger partial charge in [0.15, 0.2) is 0 Å². The van der Waals surface area contributed by atoms with Crippen LogP contribution in [0.1, 0.15) is 39.0 Å². The van der Waals surface area contributed by atoms with E-state index in [0.717, 1.165) is 12.8 Å². The average Bonchev–Trinajstić information content (AvgIpc) is 2.27. The molecule has 0 heterocycles. The largest absolute Gasteiger partial charge is 0.337 e. The van der Waals surface area contributed by atoms with Crippen molar-refractivity contribution in [2.45, 2.75) is 51.1 Å². The Morgan fingerprint density at radius 3 is 2.60 bits per heavy atom. The Bertz CT molecular complexity index is 190. The number of hydrogen-bond donors (Lipinski definition) is 3. The van der Waals surface area contributed by atoms with Crippen molar-refractivity contribution in [3.63, 3.8) is 0 Å². The van der Waals surface area contributed by atoms with E-state index in [1.54, 1.807) is 0 Å². The van der Waals surface area contributed by atoms with Gasteiger partial charge in [0.1, 0.15) is 0 Å². The molecule has 4 heteroatoms. The van der Waals surface area contributed by atoms with E-state index in [1.165, 1.54) is 19.3 Å². The first-order valence-electron chi connectivity index (χ1n) is 5.94. The molecule has 88 valence electrons. The maximum absolute atomic E-state index is 11.5. The van der Waals surface area contributed by atoms with E-state index in [0.29, 0.717) is 18.6 Å². The van der Waals surface area contributed by atoms with Crippen LogP contribution in [0.25, 0.3) is 0 Å². The summed E-state index contributed by atoms with van der Waals surface area (Å²) in [6.45, 7) is 2.72. The van der Waals surface area contributed by atoms with E-state index >= 15 is 0 Å². The zero-order valence-corrected chi connectivity index (χ0v) is 9.81. The summed E-state index contributed by atoms with van der Waals surface area (Å²) in [5, 5.41) is 8.97. The van der Waals surface area contributed by atoms with Crippen molar-refractivity contribution in [1.29, 1.82) is 0 Å². The predicted molar refractivity (Wildman–Crippen MR) is 61.9 cm³/mol. The molecule has 1 fully saturated rings. The molecule has 0 aliphatic heterocycles. The third-order valence-corrected chi connectivity index (χ3v) is 3.00. The Balaban J connectivity index is 2.11. The van der Waals surface area contributed by atoms with Crippen molar-refractivity contribution in [2.75, 3.05) is 13.6 Å². The second-order valence-electron chi connectivity index (χ2n) is 4.38. The standard InChI is InChI=1S/C11H23N3O/c1-9(12-2)8-13-11(15)14-10-6-4-3-5-7-10/h9-10,12H,3-8H2,1-2H3,(H2,13,14,15). The average molecular weight is 213 g/mol. The van der Waals surface area contributed by atoms with Crippen molar-refractivity contribution >= 4 is 6.03 Å². The highest BCUT2D eigenvalue weighted by Crippen LogP contribution is 2.16. The first kappa shape index (κ1) is 12.3. The van der Waals surface area contributed by atoms with Crippen LogP contribution < -0.4 is 16.0 Å². The fourth-order valence-electron chi connectivity index (χ4n) is 1.83. The molecule has 0 aromatic carbocycles. The quantitative estimate of drug-likeness (QED) is 0.658. The van der Waals surface area contributed by atoms with Crippen LogP contribution in [-0.4, -0.2) is 31.7 Å². The normalized spacial score (nSPS) is 19.6. The minimum atomic E-state index is -0.0241. The molecule has 0 aromatic rings. The molecular formula is C11H23N3O. The molecule has 0 radical (unpaired) electrons. The van der Waals surface area contributed by atoms with Crippen LogP contribution in [0.2, 0.25) is 0 Å². The van der Waals surface area contributed by atoms with Gasteiger partial charge < -0.3 is 16.0 Å². The van der Waals surface area contributed by atoms with Gasteiger partial charge in [-0.1, -0.05) is 19.3 Å². The maximum Gasteiger partial charge on any atom is 0.315 e. The SMILES string of the molecule is CNC(C)CNC(=O)NC1CCCCC1. The number of rotatable bonds is 4. The van der Waals surface area contributed by atoms with Gasteiger partial charge in [0.05, 0.1) is 0 Å².